The molecule has 1 heterocycles. The van der Waals surface area contributed by atoms with Crippen molar-refractivity contribution in [1.82, 2.24) is 4.98 Å². The van der Waals surface area contributed by atoms with E-state index < -0.39 is 11.5 Å². The van der Waals surface area contributed by atoms with E-state index in [0.717, 1.165) is 16.6 Å². The molecule has 0 radical (unpaired) electrons. The van der Waals surface area contributed by atoms with Gasteiger partial charge < -0.3 is 15.8 Å². The van der Waals surface area contributed by atoms with E-state index in [-0.39, 0.29) is 0 Å². The zero-order valence-electron chi connectivity index (χ0n) is 11.9. The van der Waals surface area contributed by atoms with Gasteiger partial charge in [0.05, 0.1) is 5.52 Å². The maximum atomic E-state index is 11.5. The Bertz CT molecular complexity index is 854. The molecule has 0 aliphatic carbocycles. The summed E-state index contributed by atoms with van der Waals surface area (Å²) >= 11 is 6.13. The Kier molecular flexibility index (Phi) is 3.43. The van der Waals surface area contributed by atoms with E-state index in [4.69, 9.17) is 17.3 Å². The number of aliphatic carboxylic acids is 1. The van der Waals surface area contributed by atoms with Crippen LogP contribution in [0, 0.1) is 0 Å². The zero-order chi connectivity index (χ0) is 15.9. The van der Waals surface area contributed by atoms with Crippen molar-refractivity contribution >= 4 is 28.5 Å². The summed E-state index contributed by atoms with van der Waals surface area (Å²) in [5.41, 5.74) is 7.51. The van der Waals surface area contributed by atoms with Crippen molar-refractivity contribution in [2.75, 3.05) is 0 Å². The third-order valence-corrected chi connectivity index (χ3v) is 4.00. The Balaban J connectivity index is 2.26. The van der Waals surface area contributed by atoms with E-state index >= 15 is 0 Å². The van der Waals surface area contributed by atoms with E-state index in [1.54, 1.807) is 12.1 Å². The highest BCUT2D eigenvalue weighted by Gasteiger charge is 2.33. The number of rotatable bonds is 3. The first-order chi connectivity index (χ1) is 10.4. The Morgan fingerprint density at radius 2 is 1.91 bits per heavy atom. The molecule has 0 saturated heterocycles. The van der Waals surface area contributed by atoms with Gasteiger partial charge in [-0.05, 0) is 30.7 Å². The number of carboxylic acids is 1. The second-order valence-corrected chi connectivity index (χ2v) is 5.91. The number of hydrogen-bond acceptors (Lipinski definition) is 2. The van der Waals surface area contributed by atoms with Crippen LogP contribution >= 0.6 is 11.6 Å². The topological polar surface area (TPSA) is 79.1 Å². The van der Waals surface area contributed by atoms with Crippen LogP contribution in [0.1, 0.15) is 12.5 Å². The van der Waals surface area contributed by atoms with E-state index in [1.165, 1.54) is 6.92 Å². The summed E-state index contributed by atoms with van der Waals surface area (Å²) < 4.78 is 0. The Hall–Kier alpha value is -2.30. The third-order valence-electron chi connectivity index (χ3n) is 3.78. The quantitative estimate of drug-likeness (QED) is 0.689. The Labute approximate surface area is 132 Å². The highest BCUT2D eigenvalue weighted by molar-refractivity contribution is 6.31. The molecule has 0 amide bonds. The number of aromatic amines is 1. The van der Waals surface area contributed by atoms with Gasteiger partial charge in [-0.25, -0.2) is 4.79 Å². The van der Waals surface area contributed by atoms with E-state index in [9.17, 15) is 9.90 Å². The molecule has 1 aromatic heterocycles. The van der Waals surface area contributed by atoms with Gasteiger partial charge in [-0.3, -0.25) is 0 Å². The number of nitrogens with two attached hydrogens (primary N) is 1. The summed E-state index contributed by atoms with van der Waals surface area (Å²) in [7, 11) is 0. The molecule has 112 valence electrons. The van der Waals surface area contributed by atoms with Gasteiger partial charge in [0.25, 0.3) is 0 Å². The average molecular weight is 315 g/mol. The summed E-state index contributed by atoms with van der Waals surface area (Å²) in [6.45, 7) is 1.46. The highest BCUT2D eigenvalue weighted by atomic mass is 35.5. The van der Waals surface area contributed by atoms with Crippen LogP contribution in [-0.2, 0) is 10.3 Å². The highest BCUT2D eigenvalue weighted by Crippen LogP contribution is 2.33. The second kappa shape index (κ2) is 5.16. The van der Waals surface area contributed by atoms with Crippen LogP contribution in [0.15, 0.2) is 48.5 Å². The van der Waals surface area contributed by atoms with E-state index in [1.807, 2.05) is 36.4 Å². The molecule has 1 unspecified atom stereocenters. The van der Waals surface area contributed by atoms with Crippen molar-refractivity contribution in [2.45, 2.75) is 12.5 Å². The normalized spacial score (nSPS) is 14.0. The number of fused-ring (bicyclic) bond motifs is 1. The predicted molar refractivity (Wildman–Crippen MR) is 87.9 cm³/mol. The van der Waals surface area contributed by atoms with Gasteiger partial charge in [-0.2, -0.15) is 0 Å². The van der Waals surface area contributed by atoms with Gasteiger partial charge in [0.2, 0.25) is 0 Å². The van der Waals surface area contributed by atoms with Gasteiger partial charge in [-0.1, -0.05) is 41.9 Å². The van der Waals surface area contributed by atoms with Crippen molar-refractivity contribution in [2.24, 2.45) is 5.73 Å². The van der Waals surface area contributed by atoms with Gasteiger partial charge in [-0.15, -0.1) is 0 Å². The van der Waals surface area contributed by atoms with Crippen LogP contribution in [0.4, 0.5) is 0 Å². The lowest BCUT2D eigenvalue weighted by Gasteiger charge is -2.20. The van der Waals surface area contributed by atoms with Crippen molar-refractivity contribution in [3.63, 3.8) is 0 Å². The molecule has 0 saturated carbocycles. The molecule has 4 nitrogen and oxygen atoms in total. The monoisotopic (exact) mass is 314 g/mol. The van der Waals surface area contributed by atoms with Gasteiger partial charge in [0.1, 0.15) is 5.54 Å². The molecular weight excluding hydrogens is 300 g/mol. The number of H-pyrrole nitrogens is 1. The zero-order valence-corrected chi connectivity index (χ0v) is 12.7. The molecule has 0 fully saturated rings. The standard InChI is InChI=1S/C17H15ClN2O2/c1-17(19,16(21)22)13-9-12(18)7-11-8-14(20-15(11)13)10-5-3-2-4-6-10/h2-9,20H,19H2,1H3,(H,21,22). The molecule has 0 bridgehead atoms. The van der Waals surface area contributed by atoms with Crippen molar-refractivity contribution in [3.8, 4) is 11.3 Å². The molecule has 5 heteroatoms. The second-order valence-electron chi connectivity index (χ2n) is 5.47. The number of nitrogens with one attached hydrogen (secondary N) is 1. The number of halogens is 1. The minimum Gasteiger partial charge on any atom is -0.480 e. The van der Waals surface area contributed by atoms with Gasteiger partial charge >= 0.3 is 5.97 Å². The first-order valence-electron chi connectivity index (χ1n) is 6.80. The maximum Gasteiger partial charge on any atom is 0.328 e. The van der Waals surface area contributed by atoms with Gasteiger partial charge in [0.15, 0.2) is 0 Å². The minimum absolute atomic E-state index is 0.457. The molecule has 0 spiro atoms. The smallest absolute Gasteiger partial charge is 0.328 e. The van der Waals surface area contributed by atoms with Crippen molar-refractivity contribution in [1.29, 1.82) is 0 Å². The number of benzene rings is 2. The minimum atomic E-state index is -1.53. The molecule has 22 heavy (non-hydrogen) atoms. The molecule has 0 aliphatic heterocycles. The van der Waals surface area contributed by atoms with E-state index in [2.05, 4.69) is 4.98 Å². The number of hydrogen-bond donors (Lipinski definition) is 3. The molecule has 1 atom stereocenters. The van der Waals surface area contributed by atoms with Crippen LogP contribution < -0.4 is 5.73 Å². The summed E-state index contributed by atoms with van der Waals surface area (Å²) in [6.07, 6.45) is 0. The lowest BCUT2D eigenvalue weighted by Crippen LogP contribution is -2.41. The summed E-state index contributed by atoms with van der Waals surface area (Å²) in [5.74, 6) is -1.10. The van der Waals surface area contributed by atoms with Crippen molar-refractivity contribution in [3.05, 3.63) is 59.1 Å². The Morgan fingerprint density at radius 3 is 2.55 bits per heavy atom. The Morgan fingerprint density at radius 1 is 1.23 bits per heavy atom. The van der Waals surface area contributed by atoms with Crippen LogP contribution in [0.25, 0.3) is 22.2 Å². The van der Waals surface area contributed by atoms with Crippen LogP contribution in [-0.4, -0.2) is 16.1 Å². The van der Waals surface area contributed by atoms with Gasteiger partial charge in [0, 0.05) is 21.7 Å². The molecule has 2 aromatic carbocycles. The summed E-state index contributed by atoms with van der Waals surface area (Å²) in [6, 6.07) is 15.1. The molecule has 3 aromatic rings. The van der Waals surface area contributed by atoms with Crippen LogP contribution in [0.2, 0.25) is 5.02 Å². The largest absolute Gasteiger partial charge is 0.480 e. The fourth-order valence-electron chi connectivity index (χ4n) is 2.51. The fraction of sp³-hybridized carbons (Fsp3) is 0.118. The van der Waals surface area contributed by atoms with E-state index in [0.29, 0.717) is 16.1 Å². The SMILES string of the molecule is CC(N)(C(=O)O)c1cc(Cl)cc2cc(-c3ccccc3)[nH]c12. The van der Waals surface area contributed by atoms with Crippen molar-refractivity contribution < 1.29 is 9.90 Å². The molecule has 3 rings (SSSR count). The predicted octanol–water partition coefficient (Wildman–Crippen LogP) is 3.75. The maximum absolute atomic E-state index is 11.5. The summed E-state index contributed by atoms with van der Waals surface area (Å²) in [4.78, 5) is 14.7. The molecular formula is C17H15ClN2O2. The molecule has 0 aliphatic rings. The average Bonchev–Trinajstić information content (AvgIpc) is 2.90. The third kappa shape index (κ3) is 2.36. The first-order valence-corrected chi connectivity index (χ1v) is 7.18. The lowest BCUT2D eigenvalue weighted by molar-refractivity contribution is -0.142. The first kappa shape index (κ1) is 14.6. The number of carboxylic acid groups (broad SMARTS) is 1. The van der Waals surface area contributed by atoms with Crippen LogP contribution in [0.5, 0.6) is 0 Å². The summed E-state index contributed by atoms with van der Waals surface area (Å²) in [5, 5.41) is 10.7. The molecule has 4 N–H and O–H groups in total. The fourth-order valence-corrected chi connectivity index (χ4v) is 2.73. The van der Waals surface area contributed by atoms with Crippen LogP contribution in [0.3, 0.4) is 0 Å². The number of carbonyl (C=O) groups is 1. The lowest BCUT2D eigenvalue weighted by atomic mass is 9.92. The number of aromatic nitrogens is 1.